The molecule has 1 aromatic heterocycles. The normalized spacial score (nSPS) is 16.9. The van der Waals surface area contributed by atoms with Crippen LogP contribution in [0.25, 0.3) is 16.8 Å². The Kier molecular flexibility index (Phi) is 6.04. The van der Waals surface area contributed by atoms with E-state index in [-0.39, 0.29) is 17.3 Å². The number of nitrogens with one attached hydrogen (secondary N) is 1. The molecule has 1 saturated heterocycles. The van der Waals surface area contributed by atoms with E-state index < -0.39 is 17.7 Å². The summed E-state index contributed by atoms with van der Waals surface area (Å²) in [5.41, 5.74) is 2.84. The van der Waals surface area contributed by atoms with Crippen molar-refractivity contribution in [1.82, 2.24) is 9.97 Å². The van der Waals surface area contributed by atoms with Crippen LogP contribution in [-0.4, -0.2) is 48.1 Å². The predicted molar refractivity (Wildman–Crippen MR) is 138 cm³/mol. The molecule has 5 rings (SSSR count). The highest BCUT2D eigenvalue weighted by atomic mass is 16.5. The number of rotatable bonds is 6. The number of fused-ring (bicyclic) bond motifs is 1. The maximum Gasteiger partial charge on any atom is 0.302 e. The summed E-state index contributed by atoms with van der Waals surface area (Å²) >= 11 is 0. The largest absolute Gasteiger partial charge is 0.507 e. The number of aromatic amines is 1. The van der Waals surface area contributed by atoms with E-state index in [0.717, 1.165) is 5.56 Å². The second kappa shape index (κ2) is 9.34. The molecule has 37 heavy (non-hydrogen) atoms. The first-order valence-corrected chi connectivity index (χ1v) is 11.5. The molecule has 0 bridgehead atoms. The topological polar surface area (TPSA) is 114 Å². The first-order chi connectivity index (χ1) is 17.9. The van der Waals surface area contributed by atoms with Crippen LogP contribution in [0.15, 0.2) is 66.2 Å². The van der Waals surface area contributed by atoms with E-state index in [1.807, 2.05) is 13.0 Å². The molecule has 9 heteroatoms. The standard InChI is InChI=1S/C28H25N3O6/c1-15-8-11-22(37-4)19(12-15)25(32)23-24(16-6-5-7-17(13-16)35-2)31(27(34)26(23)33)28-29-20-10-9-18(36-3)14-21(20)30-28/h5-14,24,32H,1-4H3,(H,29,30)/b25-23+. The number of methoxy groups -OCH3 is 3. The number of carbonyl (C=O) groups excluding carboxylic acids is 2. The molecular formula is C28H25N3O6. The summed E-state index contributed by atoms with van der Waals surface area (Å²) in [6.07, 6.45) is 0. The fraction of sp³-hybridized carbons (Fsp3) is 0.179. The molecule has 1 aliphatic rings. The van der Waals surface area contributed by atoms with Crippen LogP contribution < -0.4 is 19.1 Å². The van der Waals surface area contributed by atoms with Crippen molar-refractivity contribution < 1.29 is 28.9 Å². The number of aromatic nitrogens is 2. The Morgan fingerprint density at radius 3 is 2.43 bits per heavy atom. The SMILES string of the molecule is COc1cccc(C2/C(=C(\O)c3cc(C)ccc3OC)C(=O)C(=O)N2c2nc3ccc(OC)cc3[nH]2)c1. The van der Waals surface area contributed by atoms with E-state index in [9.17, 15) is 14.7 Å². The number of ketones is 1. The average molecular weight is 500 g/mol. The van der Waals surface area contributed by atoms with E-state index in [2.05, 4.69) is 9.97 Å². The van der Waals surface area contributed by atoms with E-state index >= 15 is 0 Å². The number of nitrogens with zero attached hydrogens (tertiary/aromatic N) is 2. The third kappa shape index (κ3) is 4.04. The second-order valence-electron chi connectivity index (χ2n) is 8.59. The van der Waals surface area contributed by atoms with Gasteiger partial charge < -0.3 is 24.3 Å². The summed E-state index contributed by atoms with van der Waals surface area (Å²) in [6, 6.07) is 16.5. The lowest BCUT2D eigenvalue weighted by Gasteiger charge is -2.23. The van der Waals surface area contributed by atoms with Gasteiger partial charge in [0.1, 0.15) is 23.0 Å². The van der Waals surface area contributed by atoms with Gasteiger partial charge >= 0.3 is 5.91 Å². The van der Waals surface area contributed by atoms with Crippen molar-refractivity contribution in [3.05, 3.63) is 82.9 Å². The number of ether oxygens (including phenoxy) is 3. The van der Waals surface area contributed by atoms with Crippen molar-refractivity contribution in [2.24, 2.45) is 0 Å². The van der Waals surface area contributed by atoms with E-state index in [4.69, 9.17) is 14.2 Å². The molecule has 3 aromatic carbocycles. The highest BCUT2D eigenvalue weighted by molar-refractivity contribution is 6.51. The molecule has 1 amide bonds. The zero-order valence-corrected chi connectivity index (χ0v) is 20.7. The zero-order chi connectivity index (χ0) is 26.3. The number of aryl methyl sites for hydroxylation is 1. The summed E-state index contributed by atoms with van der Waals surface area (Å²) in [6.45, 7) is 1.86. The van der Waals surface area contributed by atoms with Crippen LogP contribution >= 0.6 is 0 Å². The fourth-order valence-electron chi connectivity index (χ4n) is 4.55. The van der Waals surface area contributed by atoms with Gasteiger partial charge in [0.25, 0.3) is 5.78 Å². The van der Waals surface area contributed by atoms with Crippen LogP contribution in [0.3, 0.4) is 0 Å². The van der Waals surface area contributed by atoms with E-state index in [1.54, 1.807) is 61.7 Å². The molecular weight excluding hydrogens is 474 g/mol. The molecule has 2 heterocycles. The minimum Gasteiger partial charge on any atom is -0.507 e. The lowest BCUT2D eigenvalue weighted by atomic mass is 9.94. The highest BCUT2D eigenvalue weighted by Crippen LogP contribution is 2.43. The first kappa shape index (κ1) is 23.9. The molecule has 188 valence electrons. The third-order valence-electron chi connectivity index (χ3n) is 6.37. The Labute approximate surface area is 212 Å². The van der Waals surface area contributed by atoms with E-state index in [1.165, 1.54) is 19.1 Å². The molecule has 1 atom stereocenters. The van der Waals surface area contributed by atoms with Crippen LogP contribution in [0.5, 0.6) is 17.2 Å². The van der Waals surface area contributed by atoms with Crippen LogP contribution in [0.4, 0.5) is 5.95 Å². The molecule has 0 aliphatic carbocycles. The van der Waals surface area contributed by atoms with Crippen molar-refractivity contribution in [3.8, 4) is 17.2 Å². The van der Waals surface area contributed by atoms with Crippen LogP contribution in [0.2, 0.25) is 0 Å². The number of imidazole rings is 1. The van der Waals surface area contributed by atoms with Gasteiger partial charge in [-0.3, -0.25) is 14.5 Å². The monoisotopic (exact) mass is 499 g/mol. The molecule has 0 spiro atoms. The zero-order valence-electron chi connectivity index (χ0n) is 20.7. The Morgan fingerprint density at radius 1 is 0.946 bits per heavy atom. The Balaban J connectivity index is 1.76. The number of aliphatic hydroxyl groups is 1. The van der Waals surface area contributed by atoms with Gasteiger partial charge in [0, 0.05) is 6.07 Å². The number of Topliss-reactive ketones (excluding diaryl/α,β-unsaturated/α-hetero) is 1. The lowest BCUT2D eigenvalue weighted by molar-refractivity contribution is -0.132. The molecule has 0 saturated carbocycles. The van der Waals surface area contributed by atoms with Gasteiger partial charge in [-0.25, -0.2) is 4.98 Å². The summed E-state index contributed by atoms with van der Waals surface area (Å²) in [5.74, 6) is -0.333. The summed E-state index contributed by atoms with van der Waals surface area (Å²) in [4.78, 5) is 35.9. The van der Waals surface area contributed by atoms with Gasteiger partial charge in [-0.15, -0.1) is 0 Å². The van der Waals surface area contributed by atoms with Crippen molar-refractivity contribution in [3.63, 3.8) is 0 Å². The van der Waals surface area contributed by atoms with Crippen molar-refractivity contribution in [1.29, 1.82) is 0 Å². The summed E-state index contributed by atoms with van der Waals surface area (Å²) in [5, 5.41) is 11.5. The predicted octanol–water partition coefficient (Wildman–Crippen LogP) is 4.52. The van der Waals surface area contributed by atoms with Crippen molar-refractivity contribution in [2.75, 3.05) is 26.2 Å². The maximum absolute atomic E-state index is 13.5. The molecule has 1 unspecified atom stereocenters. The summed E-state index contributed by atoms with van der Waals surface area (Å²) < 4.78 is 16.1. The molecule has 0 radical (unpaired) electrons. The Bertz CT molecular complexity index is 1570. The molecule has 1 aliphatic heterocycles. The fourth-order valence-corrected chi connectivity index (χ4v) is 4.55. The van der Waals surface area contributed by atoms with Crippen molar-refractivity contribution in [2.45, 2.75) is 13.0 Å². The smallest absolute Gasteiger partial charge is 0.302 e. The highest BCUT2D eigenvalue weighted by Gasteiger charge is 2.48. The van der Waals surface area contributed by atoms with Gasteiger partial charge in [-0.2, -0.15) is 0 Å². The minimum absolute atomic E-state index is 0.0832. The van der Waals surface area contributed by atoms with Gasteiger partial charge in [0.2, 0.25) is 5.95 Å². The lowest BCUT2D eigenvalue weighted by Crippen LogP contribution is -2.30. The minimum atomic E-state index is -0.984. The van der Waals surface area contributed by atoms with Crippen LogP contribution in [0, 0.1) is 6.92 Å². The number of benzene rings is 3. The maximum atomic E-state index is 13.5. The van der Waals surface area contributed by atoms with Crippen LogP contribution in [0.1, 0.15) is 22.7 Å². The Hall–Kier alpha value is -4.79. The van der Waals surface area contributed by atoms with Crippen molar-refractivity contribution >= 4 is 34.4 Å². The number of aliphatic hydroxyl groups excluding tert-OH is 1. The average Bonchev–Trinajstić information content (AvgIpc) is 3.45. The quantitative estimate of drug-likeness (QED) is 0.228. The van der Waals surface area contributed by atoms with Crippen LogP contribution in [-0.2, 0) is 9.59 Å². The number of anilines is 1. The third-order valence-corrected chi connectivity index (χ3v) is 6.37. The number of amides is 1. The van der Waals surface area contributed by atoms with Gasteiger partial charge in [-0.05, 0) is 48.9 Å². The molecule has 4 aromatic rings. The molecule has 1 fully saturated rings. The van der Waals surface area contributed by atoms with Gasteiger partial charge in [0.05, 0.1) is 49.5 Å². The number of carbonyl (C=O) groups is 2. The second-order valence-corrected chi connectivity index (χ2v) is 8.59. The Morgan fingerprint density at radius 2 is 1.70 bits per heavy atom. The van der Waals surface area contributed by atoms with Gasteiger partial charge in [-0.1, -0.05) is 23.8 Å². The number of hydrogen-bond donors (Lipinski definition) is 2. The number of H-pyrrole nitrogens is 1. The first-order valence-electron chi connectivity index (χ1n) is 11.5. The summed E-state index contributed by atoms with van der Waals surface area (Å²) in [7, 11) is 4.56. The van der Waals surface area contributed by atoms with E-state index in [0.29, 0.717) is 39.4 Å². The number of hydrogen-bond acceptors (Lipinski definition) is 7. The molecule has 9 nitrogen and oxygen atoms in total. The molecule has 2 N–H and O–H groups in total. The van der Waals surface area contributed by atoms with Gasteiger partial charge in [0.15, 0.2) is 0 Å².